The number of hydrogen-bond acceptors (Lipinski definition) is 2. The van der Waals surface area contributed by atoms with Crippen LogP contribution in [0.25, 0.3) is 0 Å². The lowest BCUT2D eigenvalue weighted by atomic mass is 9.98. The largest absolute Gasteiger partial charge is 0.351 e. The van der Waals surface area contributed by atoms with Crippen LogP contribution in [0.15, 0.2) is 83.3 Å². The molecular weight excluding hydrogens is 406 g/mol. The Kier molecular flexibility index (Phi) is 5.88. The molecule has 0 heterocycles. The molecule has 5 nitrogen and oxygen atoms in total. The zero-order chi connectivity index (χ0) is 19.2. The molecule has 1 atom stereocenters. The molecule has 3 aromatic rings. The maximum atomic E-state index is 12.8. The fourth-order valence-corrected chi connectivity index (χ4v) is 2.99. The van der Waals surface area contributed by atoms with Gasteiger partial charge in [0.05, 0.1) is 6.04 Å². The summed E-state index contributed by atoms with van der Waals surface area (Å²) < 4.78 is 0.974. The van der Waals surface area contributed by atoms with Gasteiger partial charge in [-0.25, -0.2) is 4.79 Å². The second-order valence-electron chi connectivity index (χ2n) is 5.94. The van der Waals surface area contributed by atoms with Gasteiger partial charge in [-0.05, 0) is 47.5 Å². The molecule has 27 heavy (non-hydrogen) atoms. The van der Waals surface area contributed by atoms with Gasteiger partial charge in [0.2, 0.25) is 0 Å². The van der Waals surface area contributed by atoms with Crippen LogP contribution < -0.4 is 16.4 Å². The molecule has 3 rings (SSSR count). The lowest BCUT2D eigenvalue weighted by Crippen LogP contribution is -2.29. The van der Waals surface area contributed by atoms with Crippen molar-refractivity contribution < 1.29 is 9.59 Å². The SMILES string of the molecule is NC(=O)Nc1ccc(C(=O)NC(c2ccccc2)c2ccc(Br)cc2)cc1. The highest BCUT2D eigenvalue weighted by Gasteiger charge is 2.17. The van der Waals surface area contributed by atoms with Crippen molar-refractivity contribution in [1.82, 2.24) is 5.32 Å². The summed E-state index contributed by atoms with van der Waals surface area (Å²) >= 11 is 3.44. The number of rotatable bonds is 5. The van der Waals surface area contributed by atoms with Crippen LogP contribution in [-0.4, -0.2) is 11.9 Å². The Morgan fingerprint density at radius 2 is 1.41 bits per heavy atom. The number of benzene rings is 3. The first-order valence-electron chi connectivity index (χ1n) is 8.31. The highest BCUT2D eigenvalue weighted by Crippen LogP contribution is 2.24. The molecule has 1 unspecified atom stereocenters. The van der Waals surface area contributed by atoms with Gasteiger partial charge in [0, 0.05) is 15.7 Å². The van der Waals surface area contributed by atoms with Crippen molar-refractivity contribution in [2.75, 3.05) is 5.32 Å². The average molecular weight is 424 g/mol. The second-order valence-corrected chi connectivity index (χ2v) is 6.85. The van der Waals surface area contributed by atoms with Crippen LogP contribution in [0.1, 0.15) is 27.5 Å². The molecule has 0 radical (unpaired) electrons. The third kappa shape index (κ3) is 4.95. The number of amides is 3. The van der Waals surface area contributed by atoms with Gasteiger partial charge >= 0.3 is 6.03 Å². The molecule has 0 saturated carbocycles. The standard InChI is InChI=1S/C21H18BrN3O2/c22-17-10-6-15(7-11-17)19(14-4-2-1-3-5-14)25-20(26)16-8-12-18(13-9-16)24-21(23)27/h1-13,19H,(H,25,26)(H3,23,24,27). The summed E-state index contributed by atoms with van der Waals surface area (Å²) in [4.78, 5) is 23.7. The van der Waals surface area contributed by atoms with Crippen LogP contribution >= 0.6 is 15.9 Å². The van der Waals surface area contributed by atoms with E-state index in [2.05, 4.69) is 26.6 Å². The molecule has 0 fully saturated rings. The molecule has 4 N–H and O–H groups in total. The molecule has 0 saturated heterocycles. The van der Waals surface area contributed by atoms with E-state index in [0.29, 0.717) is 11.3 Å². The van der Waals surface area contributed by atoms with Gasteiger partial charge < -0.3 is 16.4 Å². The Hall–Kier alpha value is -3.12. The number of nitrogens with two attached hydrogens (primary N) is 1. The van der Waals surface area contributed by atoms with Crippen LogP contribution in [0, 0.1) is 0 Å². The van der Waals surface area contributed by atoms with Gasteiger partial charge in [-0.1, -0.05) is 58.4 Å². The number of carbonyl (C=O) groups excluding carboxylic acids is 2. The lowest BCUT2D eigenvalue weighted by molar-refractivity contribution is 0.0943. The monoisotopic (exact) mass is 423 g/mol. The molecule has 3 amide bonds. The van der Waals surface area contributed by atoms with Gasteiger partial charge in [-0.15, -0.1) is 0 Å². The zero-order valence-electron chi connectivity index (χ0n) is 14.4. The minimum absolute atomic E-state index is 0.211. The quantitative estimate of drug-likeness (QED) is 0.565. The zero-order valence-corrected chi connectivity index (χ0v) is 15.9. The van der Waals surface area contributed by atoms with Crippen molar-refractivity contribution in [1.29, 1.82) is 0 Å². The highest BCUT2D eigenvalue weighted by atomic mass is 79.9. The van der Waals surface area contributed by atoms with Crippen molar-refractivity contribution in [2.45, 2.75) is 6.04 Å². The third-order valence-electron chi connectivity index (χ3n) is 4.03. The Labute approximate surface area is 165 Å². The highest BCUT2D eigenvalue weighted by molar-refractivity contribution is 9.10. The lowest BCUT2D eigenvalue weighted by Gasteiger charge is -2.20. The molecule has 136 valence electrons. The van der Waals surface area contributed by atoms with Crippen LogP contribution in [0.3, 0.4) is 0 Å². The Bertz CT molecular complexity index is 926. The van der Waals surface area contributed by atoms with Crippen molar-refractivity contribution in [3.05, 3.63) is 100 Å². The number of carbonyl (C=O) groups is 2. The van der Waals surface area contributed by atoms with E-state index >= 15 is 0 Å². The number of anilines is 1. The number of nitrogens with one attached hydrogen (secondary N) is 2. The molecule has 6 heteroatoms. The predicted octanol–water partition coefficient (Wildman–Crippen LogP) is 4.46. The Balaban J connectivity index is 1.84. The van der Waals surface area contributed by atoms with Gasteiger partial charge in [-0.3, -0.25) is 4.79 Å². The summed E-state index contributed by atoms with van der Waals surface area (Å²) in [5.41, 5.74) is 8.08. The first kappa shape index (κ1) is 18.7. The minimum atomic E-state index is -0.647. The van der Waals surface area contributed by atoms with E-state index in [1.807, 2.05) is 54.6 Å². The van der Waals surface area contributed by atoms with Gasteiger partial charge in [0.15, 0.2) is 0 Å². The maximum Gasteiger partial charge on any atom is 0.316 e. The van der Waals surface area contributed by atoms with Crippen molar-refractivity contribution >= 4 is 33.6 Å². The van der Waals surface area contributed by atoms with E-state index in [0.717, 1.165) is 15.6 Å². The van der Waals surface area contributed by atoms with Crippen LogP contribution in [-0.2, 0) is 0 Å². The summed E-state index contributed by atoms with van der Waals surface area (Å²) in [6, 6.07) is 23.3. The number of urea groups is 1. The Morgan fingerprint density at radius 1 is 0.815 bits per heavy atom. The summed E-state index contributed by atoms with van der Waals surface area (Å²) in [6.45, 7) is 0. The molecule has 0 aromatic heterocycles. The fourth-order valence-electron chi connectivity index (χ4n) is 2.72. The maximum absolute atomic E-state index is 12.8. The second kappa shape index (κ2) is 8.51. The predicted molar refractivity (Wildman–Crippen MR) is 110 cm³/mol. The van der Waals surface area contributed by atoms with Gasteiger partial charge in [0.25, 0.3) is 5.91 Å². The molecule has 3 aromatic carbocycles. The van der Waals surface area contributed by atoms with Crippen molar-refractivity contribution in [3.8, 4) is 0 Å². The summed E-state index contributed by atoms with van der Waals surface area (Å²) in [5, 5.41) is 5.55. The summed E-state index contributed by atoms with van der Waals surface area (Å²) in [7, 11) is 0. The van der Waals surface area contributed by atoms with Crippen molar-refractivity contribution in [3.63, 3.8) is 0 Å². The fraction of sp³-hybridized carbons (Fsp3) is 0.0476. The van der Waals surface area contributed by atoms with Crippen LogP contribution in [0.2, 0.25) is 0 Å². The van der Waals surface area contributed by atoms with Gasteiger partial charge in [-0.2, -0.15) is 0 Å². The number of primary amides is 1. The molecule has 0 aliphatic heterocycles. The smallest absolute Gasteiger partial charge is 0.316 e. The van der Waals surface area contributed by atoms with Crippen LogP contribution in [0.5, 0.6) is 0 Å². The van der Waals surface area contributed by atoms with Crippen molar-refractivity contribution in [2.24, 2.45) is 5.73 Å². The van der Waals surface area contributed by atoms with E-state index < -0.39 is 6.03 Å². The third-order valence-corrected chi connectivity index (χ3v) is 4.55. The summed E-state index contributed by atoms with van der Waals surface area (Å²) in [6.07, 6.45) is 0. The first-order chi connectivity index (χ1) is 13.0. The molecule has 0 bridgehead atoms. The van der Waals surface area contributed by atoms with E-state index in [9.17, 15) is 9.59 Å². The normalized spacial score (nSPS) is 11.4. The average Bonchev–Trinajstić information content (AvgIpc) is 2.67. The molecule has 0 aliphatic rings. The first-order valence-corrected chi connectivity index (χ1v) is 9.10. The van der Waals surface area contributed by atoms with E-state index in [-0.39, 0.29) is 11.9 Å². The van der Waals surface area contributed by atoms with E-state index in [1.54, 1.807) is 24.3 Å². The molecular formula is C21H18BrN3O2. The Morgan fingerprint density at radius 3 is 2.00 bits per heavy atom. The summed E-state index contributed by atoms with van der Waals surface area (Å²) in [5.74, 6) is -0.211. The number of halogens is 1. The van der Waals surface area contributed by atoms with Crippen LogP contribution in [0.4, 0.5) is 10.5 Å². The van der Waals surface area contributed by atoms with E-state index in [4.69, 9.17) is 5.73 Å². The molecule has 0 aliphatic carbocycles. The minimum Gasteiger partial charge on any atom is -0.351 e. The van der Waals surface area contributed by atoms with Gasteiger partial charge in [0.1, 0.15) is 0 Å². The topological polar surface area (TPSA) is 84.2 Å². The molecule has 0 spiro atoms. The number of hydrogen-bond donors (Lipinski definition) is 3. The van der Waals surface area contributed by atoms with E-state index in [1.165, 1.54) is 0 Å².